The number of nitro groups is 1. The molecule has 0 aromatic heterocycles. The van der Waals surface area contributed by atoms with Crippen molar-refractivity contribution in [2.45, 2.75) is 0 Å². The summed E-state index contributed by atoms with van der Waals surface area (Å²) in [6, 6.07) is 0. The molecule has 6 nitrogen and oxygen atoms in total. The van der Waals surface area contributed by atoms with Gasteiger partial charge in [-0.15, -0.1) is 0 Å². The first-order valence-electron chi connectivity index (χ1n) is 1.99. The lowest BCUT2D eigenvalue weighted by atomic mass is 10.5. The molecule has 6 heteroatoms. The number of nitrogens with zero attached hydrogens (tertiary/aromatic N) is 1. The molecule has 0 atom stereocenters. The molecule has 0 aliphatic carbocycles. The van der Waals surface area contributed by atoms with Crippen LogP contribution < -0.4 is 11.5 Å². The smallest absolute Gasteiger partial charge is 0.338 e. The number of hydrogen-bond donors (Lipinski definition) is 3. The van der Waals surface area contributed by atoms with Gasteiger partial charge in [-0.05, 0) is 4.92 Å². The van der Waals surface area contributed by atoms with Crippen molar-refractivity contribution in [3.63, 3.8) is 0 Å². The van der Waals surface area contributed by atoms with E-state index < -0.39 is 10.7 Å². The summed E-state index contributed by atoms with van der Waals surface area (Å²) < 4.78 is 0. The Morgan fingerprint density at radius 1 is 1.67 bits per heavy atom. The molecule has 0 saturated carbocycles. The van der Waals surface area contributed by atoms with Gasteiger partial charge in [0, 0.05) is 6.21 Å². The fourth-order valence-electron chi connectivity index (χ4n) is 0.179. The van der Waals surface area contributed by atoms with Crippen molar-refractivity contribution in [2.75, 3.05) is 0 Å². The lowest BCUT2D eigenvalue weighted by Gasteiger charge is -1.93. The van der Waals surface area contributed by atoms with E-state index in [1.807, 2.05) is 0 Å². The monoisotopic (exact) mass is 130 g/mol. The Hall–Kier alpha value is -1.59. The van der Waals surface area contributed by atoms with Gasteiger partial charge in [0.15, 0.2) is 0 Å². The van der Waals surface area contributed by atoms with Crippen LogP contribution in [-0.2, 0) is 0 Å². The minimum Gasteiger partial charge on any atom is -0.391 e. The summed E-state index contributed by atoms with van der Waals surface area (Å²) in [5, 5.41) is 16.2. The Labute approximate surface area is 50.8 Å². The van der Waals surface area contributed by atoms with Crippen molar-refractivity contribution in [1.29, 1.82) is 5.41 Å². The standard InChI is InChI=1S/C3H6N4O2/c4-1-2(5)3(6)7(8)9/h1,4H,5-6H2. The van der Waals surface area contributed by atoms with E-state index in [9.17, 15) is 10.1 Å². The first-order chi connectivity index (χ1) is 4.09. The van der Waals surface area contributed by atoms with Crippen LogP contribution in [0.4, 0.5) is 0 Å². The molecule has 5 N–H and O–H groups in total. The molecule has 50 valence electrons. The molecule has 0 aliphatic rings. The third-order valence-corrected chi connectivity index (χ3v) is 0.648. The first-order valence-corrected chi connectivity index (χ1v) is 1.99. The quantitative estimate of drug-likeness (QED) is 0.252. The second kappa shape index (κ2) is 2.65. The predicted molar refractivity (Wildman–Crippen MR) is 31.2 cm³/mol. The van der Waals surface area contributed by atoms with Gasteiger partial charge in [-0.25, -0.2) is 0 Å². The molecular weight excluding hydrogens is 124 g/mol. The second-order valence-electron chi connectivity index (χ2n) is 1.24. The van der Waals surface area contributed by atoms with Gasteiger partial charge in [0.05, 0.1) is 0 Å². The Morgan fingerprint density at radius 3 is 2.22 bits per heavy atom. The molecule has 0 aromatic rings. The summed E-state index contributed by atoms with van der Waals surface area (Å²) in [7, 11) is 0. The molecule has 0 aromatic carbocycles. The van der Waals surface area contributed by atoms with Crippen molar-refractivity contribution < 1.29 is 4.92 Å². The van der Waals surface area contributed by atoms with E-state index >= 15 is 0 Å². The van der Waals surface area contributed by atoms with Crippen LogP contribution in [-0.4, -0.2) is 11.1 Å². The molecule has 0 saturated heterocycles. The highest BCUT2D eigenvalue weighted by Gasteiger charge is 2.03. The summed E-state index contributed by atoms with van der Waals surface area (Å²) in [6.45, 7) is 0. The highest BCUT2D eigenvalue weighted by Crippen LogP contribution is 1.86. The first kappa shape index (κ1) is 7.41. The van der Waals surface area contributed by atoms with Crippen LogP contribution in [0.25, 0.3) is 0 Å². The molecule has 0 radical (unpaired) electrons. The number of allylic oxidation sites excluding steroid dienone is 1. The van der Waals surface area contributed by atoms with Crippen LogP contribution in [0.2, 0.25) is 0 Å². The van der Waals surface area contributed by atoms with Gasteiger partial charge in [0.1, 0.15) is 5.70 Å². The molecule has 0 unspecified atom stereocenters. The van der Waals surface area contributed by atoms with Crippen LogP contribution in [0.15, 0.2) is 11.5 Å². The van der Waals surface area contributed by atoms with Crippen molar-refractivity contribution in [1.82, 2.24) is 0 Å². The summed E-state index contributed by atoms with van der Waals surface area (Å²) in [4.78, 5) is 8.89. The fourth-order valence-corrected chi connectivity index (χ4v) is 0.179. The summed E-state index contributed by atoms with van der Waals surface area (Å²) in [6.07, 6.45) is 0.623. The Kier molecular flexibility index (Phi) is 2.18. The van der Waals surface area contributed by atoms with E-state index in [-0.39, 0.29) is 5.70 Å². The van der Waals surface area contributed by atoms with E-state index in [2.05, 4.69) is 0 Å². The summed E-state index contributed by atoms with van der Waals surface area (Å²) in [5.74, 6) is -0.690. The highest BCUT2D eigenvalue weighted by molar-refractivity contribution is 5.74. The number of nitrogens with two attached hydrogens (primary N) is 2. The molecule has 0 bridgehead atoms. The average Bonchev–Trinajstić information content (AvgIpc) is 1.84. The van der Waals surface area contributed by atoms with E-state index in [1.165, 1.54) is 0 Å². The maximum atomic E-state index is 9.74. The van der Waals surface area contributed by atoms with Gasteiger partial charge in [0.2, 0.25) is 0 Å². The Bertz CT molecular complexity index is 173. The van der Waals surface area contributed by atoms with Gasteiger partial charge in [-0.3, -0.25) is 5.73 Å². The van der Waals surface area contributed by atoms with Gasteiger partial charge < -0.3 is 21.3 Å². The zero-order valence-corrected chi connectivity index (χ0v) is 4.50. The minimum atomic E-state index is -0.847. The van der Waals surface area contributed by atoms with Crippen molar-refractivity contribution in [3.05, 3.63) is 21.6 Å². The third-order valence-electron chi connectivity index (χ3n) is 0.648. The van der Waals surface area contributed by atoms with Crippen LogP contribution in [0.5, 0.6) is 0 Å². The third kappa shape index (κ3) is 1.76. The van der Waals surface area contributed by atoms with E-state index in [0.717, 1.165) is 0 Å². The van der Waals surface area contributed by atoms with Crippen LogP contribution in [0.1, 0.15) is 0 Å². The number of rotatable bonds is 2. The average molecular weight is 130 g/mol. The van der Waals surface area contributed by atoms with E-state index in [0.29, 0.717) is 6.21 Å². The van der Waals surface area contributed by atoms with Gasteiger partial charge in [-0.2, -0.15) is 0 Å². The molecule has 0 heterocycles. The molecule has 9 heavy (non-hydrogen) atoms. The lowest BCUT2D eigenvalue weighted by molar-refractivity contribution is -0.427. The zero-order valence-electron chi connectivity index (χ0n) is 4.50. The predicted octanol–water partition coefficient (Wildman–Crippen LogP) is -1.00. The number of nitrogens with one attached hydrogen (secondary N) is 1. The molecule has 0 fully saturated rings. The molecule has 0 aliphatic heterocycles. The van der Waals surface area contributed by atoms with Crippen LogP contribution >= 0.6 is 0 Å². The Balaban J connectivity index is 4.47. The van der Waals surface area contributed by atoms with E-state index in [1.54, 1.807) is 0 Å². The molecule has 0 amide bonds. The van der Waals surface area contributed by atoms with Gasteiger partial charge in [-0.1, -0.05) is 0 Å². The summed E-state index contributed by atoms with van der Waals surface area (Å²) >= 11 is 0. The fraction of sp³-hybridized carbons (Fsp3) is 0. The van der Waals surface area contributed by atoms with Crippen LogP contribution in [0.3, 0.4) is 0 Å². The second-order valence-corrected chi connectivity index (χ2v) is 1.24. The topological polar surface area (TPSA) is 119 Å². The lowest BCUT2D eigenvalue weighted by Crippen LogP contribution is -2.17. The van der Waals surface area contributed by atoms with Gasteiger partial charge in [0.25, 0.3) is 0 Å². The maximum Gasteiger partial charge on any atom is 0.338 e. The van der Waals surface area contributed by atoms with Crippen LogP contribution in [0, 0.1) is 15.5 Å². The molecular formula is C3H6N4O2. The van der Waals surface area contributed by atoms with Crippen molar-refractivity contribution in [3.8, 4) is 0 Å². The normalized spacial score (nSPS) is 12.0. The maximum absolute atomic E-state index is 9.74. The largest absolute Gasteiger partial charge is 0.391 e. The minimum absolute atomic E-state index is 0.333. The SMILES string of the molecule is N=CC(N)=C(N)[N+](=O)[O-]. The zero-order chi connectivity index (χ0) is 7.44. The van der Waals surface area contributed by atoms with E-state index in [4.69, 9.17) is 16.9 Å². The number of hydrogen-bond acceptors (Lipinski definition) is 5. The highest BCUT2D eigenvalue weighted by atomic mass is 16.6. The van der Waals surface area contributed by atoms with Crippen molar-refractivity contribution >= 4 is 6.21 Å². The molecule has 0 rings (SSSR count). The molecule has 0 spiro atoms. The van der Waals surface area contributed by atoms with Crippen molar-refractivity contribution in [2.24, 2.45) is 11.5 Å². The summed E-state index contributed by atoms with van der Waals surface area (Å²) in [5.41, 5.74) is 9.33. The Morgan fingerprint density at radius 2 is 2.11 bits per heavy atom. The van der Waals surface area contributed by atoms with Gasteiger partial charge >= 0.3 is 5.82 Å².